The molecule has 3 rings (SSSR count). The Morgan fingerprint density at radius 3 is 2.67 bits per heavy atom. The Bertz CT molecular complexity index is 721. The van der Waals surface area contributed by atoms with Crippen LogP contribution in [-0.2, 0) is 0 Å². The fraction of sp³-hybridized carbons (Fsp3) is 0. The zero-order valence-electron chi connectivity index (χ0n) is 9.19. The first kappa shape index (κ1) is 10.4. The predicted octanol–water partition coefficient (Wildman–Crippen LogP) is 2.02. The molecule has 6 nitrogen and oxygen atoms in total. The van der Waals surface area contributed by atoms with E-state index >= 15 is 0 Å². The minimum atomic E-state index is -1.12. The summed E-state index contributed by atoms with van der Waals surface area (Å²) in [6.45, 7) is 0. The average Bonchev–Trinajstić information content (AvgIpc) is 2.82. The molecule has 18 heavy (non-hydrogen) atoms. The molecule has 0 bridgehead atoms. The molecule has 0 aliphatic carbocycles. The number of rotatable bonds is 1. The topological polar surface area (TPSA) is 80.9 Å². The fourth-order valence-corrected chi connectivity index (χ4v) is 1.68. The van der Waals surface area contributed by atoms with Gasteiger partial charge in [0.2, 0.25) is 0 Å². The molecule has 1 N–H and O–H groups in total. The van der Waals surface area contributed by atoms with Crippen molar-refractivity contribution in [2.75, 3.05) is 0 Å². The Labute approximate surface area is 102 Å². The minimum absolute atomic E-state index is 0.288. The number of hydrogen-bond donors (Lipinski definition) is 1. The molecule has 0 amide bonds. The molecule has 0 radical (unpaired) electrons. The standard InChI is InChI=1S/C12H8N4O2/c17-12(18)16-7-14-9-6-13-10(15-11(9)16)8-4-2-1-3-5-8/h1-7H,(H,17,18). The number of carbonyl (C=O) groups is 1. The lowest BCUT2D eigenvalue weighted by Gasteiger charge is -2.00. The second kappa shape index (κ2) is 3.92. The normalized spacial score (nSPS) is 10.7. The molecule has 0 unspecified atom stereocenters. The van der Waals surface area contributed by atoms with Crippen molar-refractivity contribution >= 4 is 17.3 Å². The van der Waals surface area contributed by atoms with E-state index < -0.39 is 6.09 Å². The van der Waals surface area contributed by atoms with Crippen molar-refractivity contribution in [3.8, 4) is 11.4 Å². The second-order valence-electron chi connectivity index (χ2n) is 3.67. The van der Waals surface area contributed by atoms with Gasteiger partial charge >= 0.3 is 6.09 Å². The summed E-state index contributed by atoms with van der Waals surface area (Å²) in [5, 5.41) is 9.00. The zero-order chi connectivity index (χ0) is 12.5. The van der Waals surface area contributed by atoms with E-state index in [4.69, 9.17) is 5.11 Å². The van der Waals surface area contributed by atoms with Crippen LogP contribution in [0.15, 0.2) is 42.9 Å². The van der Waals surface area contributed by atoms with Gasteiger partial charge in [0.05, 0.1) is 6.20 Å². The summed E-state index contributed by atoms with van der Waals surface area (Å²) in [4.78, 5) is 23.3. The summed E-state index contributed by atoms with van der Waals surface area (Å²) >= 11 is 0. The van der Waals surface area contributed by atoms with Gasteiger partial charge in [-0.2, -0.15) is 0 Å². The first-order valence-corrected chi connectivity index (χ1v) is 5.24. The fourth-order valence-electron chi connectivity index (χ4n) is 1.68. The van der Waals surface area contributed by atoms with E-state index in [1.807, 2.05) is 30.3 Å². The van der Waals surface area contributed by atoms with Gasteiger partial charge in [-0.05, 0) is 0 Å². The van der Waals surface area contributed by atoms with Crippen LogP contribution in [0.1, 0.15) is 0 Å². The quantitative estimate of drug-likeness (QED) is 0.703. The van der Waals surface area contributed by atoms with Crippen LogP contribution in [0.5, 0.6) is 0 Å². The highest BCUT2D eigenvalue weighted by molar-refractivity contribution is 5.83. The van der Waals surface area contributed by atoms with Crippen LogP contribution in [0, 0.1) is 0 Å². The Morgan fingerprint density at radius 2 is 1.94 bits per heavy atom. The molecule has 2 heterocycles. The van der Waals surface area contributed by atoms with Crippen molar-refractivity contribution in [3.05, 3.63) is 42.9 Å². The Kier molecular flexibility index (Phi) is 2.26. The van der Waals surface area contributed by atoms with Gasteiger partial charge in [-0.1, -0.05) is 30.3 Å². The van der Waals surface area contributed by atoms with Gasteiger partial charge in [0, 0.05) is 5.56 Å². The van der Waals surface area contributed by atoms with Gasteiger partial charge in [0.15, 0.2) is 11.5 Å². The van der Waals surface area contributed by atoms with Gasteiger partial charge in [-0.3, -0.25) is 0 Å². The third-order valence-electron chi connectivity index (χ3n) is 2.53. The third kappa shape index (κ3) is 1.60. The summed E-state index contributed by atoms with van der Waals surface area (Å²) in [5.41, 5.74) is 1.57. The molecule has 88 valence electrons. The van der Waals surface area contributed by atoms with E-state index in [9.17, 15) is 4.79 Å². The van der Waals surface area contributed by atoms with Crippen LogP contribution < -0.4 is 0 Å². The highest BCUT2D eigenvalue weighted by Crippen LogP contribution is 2.17. The van der Waals surface area contributed by atoms with Crippen LogP contribution >= 0.6 is 0 Å². The monoisotopic (exact) mass is 240 g/mol. The Hall–Kier alpha value is -2.76. The maximum Gasteiger partial charge on any atom is 0.418 e. The molecule has 2 aromatic heterocycles. The summed E-state index contributed by atoms with van der Waals surface area (Å²) in [6, 6.07) is 9.36. The second-order valence-corrected chi connectivity index (χ2v) is 3.67. The van der Waals surface area contributed by atoms with E-state index in [0.29, 0.717) is 11.3 Å². The van der Waals surface area contributed by atoms with Crippen molar-refractivity contribution < 1.29 is 9.90 Å². The summed E-state index contributed by atoms with van der Waals surface area (Å²) < 4.78 is 0.976. The predicted molar refractivity (Wildman–Crippen MR) is 64.2 cm³/mol. The van der Waals surface area contributed by atoms with Crippen molar-refractivity contribution in [3.63, 3.8) is 0 Å². The smallest absolute Gasteiger partial charge is 0.418 e. The van der Waals surface area contributed by atoms with Crippen molar-refractivity contribution in [1.82, 2.24) is 19.5 Å². The SMILES string of the molecule is O=C(O)n1cnc2cnc(-c3ccccc3)nc21. The van der Waals surface area contributed by atoms with Gasteiger partial charge in [0.25, 0.3) is 0 Å². The molecule has 0 aliphatic heterocycles. The van der Waals surface area contributed by atoms with E-state index in [1.54, 1.807) is 0 Å². The highest BCUT2D eigenvalue weighted by atomic mass is 16.4. The van der Waals surface area contributed by atoms with Gasteiger partial charge in [0.1, 0.15) is 11.8 Å². The number of benzene rings is 1. The van der Waals surface area contributed by atoms with Crippen LogP contribution in [0.25, 0.3) is 22.6 Å². The lowest BCUT2D eigenvalue weighted by atomic mass is 10.2. The van der Waals surface area contributed by atoms with Crippen molar-refractivity contribution in [2.24, 2.45) is 0 Å². The molecule has 0 fully saturated rings. The summed E-state index contributed by atoms with van der Waals surface area (Å²) in [6.07, 6.45) is 1.62. The molecule has 0 saturated heterocycles. The molecule has 6 heteroatoms. The average molecular weight is 240 g/mol. The Morgan fingerprint density at radius 1 is 1.17 bits per heavy atom. The van der Waals surface area contributed by atoms with Gasteiger partial charge in [-0.15, -0.1) is 0 Å². The van der Waals surface area contributed by atoms with Crippen LogP contribution in [-0.4, -0.2) is 30.7 Å². The molecule has 0 saturated carbocycles. The van der Waals surface area contributed by atoms with E-state index in [2.05, 4.69) is 15.0 Å². The molecule has 3 aromatic rings. The molecule has 1 aromatic carbocycles. The lowest BCUT2D eigenvalue weighted by molar-refractivity contribution is 0.197. The van der Waals surface area contributed by atoms with E-state index in [-0.39, 0.29) is 5.65 Å². The first-order chi connectivity index (χ1) is 8.75. The minimum Gasteiger partial charge on any atom is -0.464 e. The molecule has 0 atom stereocenters. The number of nitrogens with zero attached hydrogens (tertiary/aromatic N) is 4. The number of fused-ring (bicyclic) bond motifs is 1. The maximum absolute atomic E-state index is 11.0. The maximum atomic E-state index is 11.0. The van der Waals surface area contributed by atoms with Crippen LogP contribution in [0.4, 0.5) is 4.79 Å². The number of carboxylic acid groups (broad SMARTS) is 1. The molecular weight excluding hydrogens is 232 g/mol. The van der Waals surface area contributed by atoms with Crippen molar-refractivity contribution in [1.29, 1.82) is 0 Å². The van der Waals surface area contributed by atoms with Crippen molar-refractivity contribution in [2.45, 2.75) is 0 Å². The largest absolute Gasteiger partial charge is 0.464 e. The Balaban J connectivity index is 2.21. The van der Waals surface area contributed by atoms with E-state index in [0.717, 1.165) is 10.1 Å². The molecular formula is C12H8N4O2. The zero-order valence-corrected chi connectivity index (χ0v) is 9.19. The van der Waals surface area contributed by atoms with E-state index in [1.165, 1.54) is 12.5 Å². The van der Waals surface area contributed by atoms with Gasteiger partial charge < -0.3 is 5.11 Å². The lowest BCUT2D eigenvalue weighted by Crippen LogP contribution is -2.07. The highest BCUT2D eigenvalue weighted by Gasteiger charge is 2.11. The molecule has 0 aliphatic rings. The van der Waals surface area contributed by atoms with Gasteiger partial charge in [-0.25, -0.2) is 24.3 Å². The molecule has 0 spiro atoms. The third-order valence-corrected chi connectivity index (χ3v) is 2.53. The first-order valence-electron chi connectivity index (χ1n) is 5.24. The summed E-state index contributed by atoms with van der Waals surface area (Å²) in [5.74, 6) is 0.478. The number of aromatic nitrogens is 4. The number of imidazole rings is 1. The van der Waals surface area contributed by atoms with Crippen LogP contribution in [0.3, 0.4) is 0 Å². The number of hydrogen-bond acceptors (Lipinski definition) is 4. The summed E-state index contributed by atoms with van der Waals surface area (Å²) in [7, 11) is 0. The van der Waals surface area contributed by atoms with Crippen LogP contribution in [0.2, 0.25) is 0 Å².